The van der Waals surface area contributed by atoms with Crippen LogP contribution in [0.2, 0.25) is 0 Å². The minimum Gasteiger partial charge on any atom is -0.289 e. The lowest BCUT2D eigenvalue weighted by Gasteiger charge is -2.07. The second-order valence-corrected chi connectivity index (χ2v) is 4.93. The van der Waals surface area contributed by atoms with E-state index in [-0.39, 0.29) is 5.78 Å². The standard InChI is InChI=1S/C17H18B2O/c1-4-13(7-5-6-12(2)3)16(20)14-8-10-15(11-9-14)17(18)19/h4-12,17H,1H2,2-3H3/b6-5-,13-7+. The van der Waals surface area contributed by atoms with Crippen LogP contribution < -0.4 is 0 Å². The third-order valence-electron chi connectivity index (χ3n) is 2.81. The fourth-order valence-corrected chi connectivity index (χ4v) is 1.64. The molecule has 0 aliphatic carbocycles. The summed E-state index contributed by atoms with van der Waals surface area (Å²) in [6.07, 6.45) is 7.24. The summed E-state index contributed by atoms with van der Waals surface area (Å²) in [7, 11) is 11.2. The van der Waals surface area contributed by atoms with Gasteiger partial charge in [0.25, 0.3) is 0 Å². The molecule has 0 fully saturated rings. The number of carbonyl (C=O) groups is 1. The molecule has 0 saturated heterocycles. The number of hydrogen-bond donors (Lipinski definition) is 0. The first-order valence-corrected chi connectivity index (χ1v) is 6.62. The van der Waals surface area contributed by atoms with E-state index in [0.29, 0.717) is 17.1 Å². The molecular formula is C17H18B2O. The number of ketones is 1. The van der Waals surface area contributed by atoms with Crippen molar-refractivity contribution in [1.82, 2.24) is 0 Å². The van der Waals surface area contributed by atoms with Crippen LogP contribution in [0.25, 0.3) is 0 Å². The number of Topliss-reactive ketones (excluding diaryl/α,β-unsaturated/α-hetero) is 1. The summed E-state index contributed by atoms with van der Waals surface area (Å²) in [5.74, 6) is 0.378. The molecule has 1 aromatic carbocycles. The van der Waals surface area contributed by atoms with Gasteiger partial charge in [-0.1, -0.05) is 80.3 Å². The van der Waals surface area contributed by atoms with Gasteiger partial charge in [-0.2, -0.15) is 0 Å². The molecule has 98 valence electrons. The summed E-state index contributed by atoms with van der Waals surface area (Å²) in [6, 6.07) is 6.99. The molecule has 3 heteroatoms. The zero-order chi connectivity index (χ0) is 15.1. The summed E-state index contributed by atoms with van der Waals surface area (Å²) < 4.78 is 0. The maximum Gasteiger partial charge on any atom is 0.192 e. The van der Waals surface area contributed by atoms with Gasteiger partial charge in [0, 0.05) is 11.1 Å². The van der Waals surface area contributed by atoms with Gasteiger partial charge >= 0.3 is 0 Å². The third-order valence-corrected chi connectivity index (χ3v) is 2.81. The van der Waals surface area contributed by atoms with Crippen LogP contribution in [0.15, 0.2) is 60.7 Å². The molecule has 0 aliphatic heterocycles. The molecule has 0 amide bonds. The number of rotatable bonds is 6. The fourth-order valence-electron chi connectivity index (χ4n) is 1.64. The Hall–Kier alpha value is -1.76. The third kappa shape index (κ3) is 4.73. The van der Waals surface area contributed by atoms with E-state index in [1.807, 2.05) is 12.2 Å². The van der Waals surface area contributed by atoms with Gasteiger partial charge < -0.3 is 0 Å². The Morgan fingerprint density at radius 2 is 1.80 bits per heavy atom. The van der Waals surface area contributed by atoms with Crippen molar-refractivity contribution in [1.29, 1.82) is 0 Å². The van der Waals surface area contributed by atoms with Crippen molar-refractivity contribution in [2.45, 2.75) is 19.6 Å². The molecule has 1 aromatic rings. The zero-order valence-corrected chi connectivity index (χ0v) is 12.0. The van der Waals surface area contributed by atoms with Crippen LogP contribution in [0.4, 0.5) is 0 Å². The van der Waals surface area contributed by atoms with E-state index in [1.165, 1.54) is 0 Å². The van der Waals surface area contributed by atoms with E-state index in [0.717, 1.165) is 5.56 Å². The van der Waals surface area contributed by atoms with Crippen molar-refractivity contribution in [3.05, 3.63) is 71.8 Å². The highest BCUT2D eigenvalue weighted by Crippen LogP contribution is 2.14. The molecule has 20 heavy (non-hydrogen) atoms. The van der Waals surface area contributed by atoms with Crippen molar-refractivity contribution in [3.63, 3.8) is 0 Å². The smallest absolute Gasteiger partial charge is 0.192 e. The number of carbonyl (C=O) groups excluding carboxylic acids is 1. The maximum atomic E-state index is 12.3. The van der Waals surface area contributed by atoms with E-state index in [9.17, 15) is 4.79 Å². The molecule has 4 radical (unpaired) electrons. The highest BCUT2D eigenvalue weighted by molar-refractivity contribution is 6.35. The molecule has 0 spiro atoms. The first-order chi connectivity index (χ1) is 9.45. The molecule has 0 atom stereocenters. The number of benzene rings is 1. The molecule has 0 N–H and O–H groups in total. The van der Waals surface area contributed by atoms with Crippen LogP contribution in [0.3, 0.4) is 0 Å². The minimum absolute atomic E-state index is 0.0643. The highest BCUT2D eigenvalue weighted by Gasteiger charge is 2.09. The van der Waals surface area contributed by atoms with Crippen LogP contribution in [-0.4, -0.2) is 21.5 Å². The average Bonchev–Trinajstić information content (AvgIpc) is 2.42. The van der Waals surface area contributed by atoms with Crippen LogP contribution in [0.1, 0.15) is 35.5 Å². The van der Waals surface area contributed by atoms with E-state index in [4.69, 9.17) is 15.7 Å². The van der Waals surface area contributed by atoms with Crippen molar-refractivity contribution in [3.8, 4) is 0 Å². The van der Waals surface area contributed by atoms with E-state index in [2.05, 4.69) is 20.4 Å². The molecule has 0 aromatic heterocycles. The molecule has 1 rings (SSSR count). The zero-order valence-electron chi connectivity index (χ0n) is 12.0. The van der Waals surface area contributed by atoms with E-state index >= 15 is 0 Å². The lowest BCUT2D eigenvalue weighted by atomic mass is 9.67. The van der Waals surface area contributed by atoms with Gasteiger partial charge in [-0.3, -0.25) is 4.79 Å². The molecule has 0 saturated carbocycles. The Morgan fingerprint density at radius 3 is 2.25 bits per heavy atom. The molecule has 1 nitrogen and oxygen atoms in total. The Labute approximate surface area is 124 Å². The van der Waals surface area contributed by atoms with Crippen LogP contribution >= 0.6 is 0 Å². The van der Waals surface area contributed by atoms with Gasteiger partial charge in [-0.15, -0.1) is 0 Å². The SMILES string of the molecule is [B]C([B])c1ccc(C(=O)/C(C=C)=C/C=C\C(C)C)cc1. The average molecular weight is 260 g/mol. The van der Waals surface area contributed by atoms with Gasteiger partial charge in [0.05, 0.1) is 15.7 Å². The largest absolute Gasteiger partial charge is 0.289 e. The minimum atomic E-state index is -0.525. The van der Waals surface area contributed by atoms with Crippen LogP contribution in [0, 0.1) is 5.92 Å². The maximum absolute atomic E-state index is 12.3. The molecular weight excluding hydrogens is 242 g/mol. The normalized spacial score (nSPS) is 12.3. The summed E-state index contributed by atoms with van der Waals surface area (Å²) >= 11 is 0. The Balaban J connectivity index is 2.94. The van der Waals surface area contributed by atoms with Crippen molar-refractivity contribution < 1.29 is 4.79 Å². The summed E-state index contributed by atoms with van der Waals surface area (Å²) in [4.78, 5) is 12.3. The van der Waals surface area contributed by atoms with Crippen molar-refractivity contribution >= 4 is 21.5 Å². The van der Waals surface area contributed by atoms with Crippen molar-refractivity contribution in [2.24, 2.45) is 5.92 Å². The topological polar surface area (TPSA) is 17.1 Å². The molecule has 0 heterocycles. The molecule has 0 unspecified atom stereocenters. The van der Waals surface area contributed by atoms with Gasteiger partial charge in [-0.05, 0) is 5.92 Å². The van der Waals surface area contributed by atoms with Gasteiger partial charge in [-0.25, -0.2) is 0 Å². The quantitative estimate of drug-likeness (QED) is 0.331. The highest BCUT2D eigenvalue weighted by atomic mass is 16.1. The summed E-state index contributed by atoms with van der Waals surface area (Å²) in [5, 5.41) is 0. The van der Waals surface area contributed by atoms with Crippen LogP contribution in [-0.2, 0) is 0 Å². The van der Waals surface area contributed by atoms with Crippen molar-refractivity contribution in [2.75, 3.05) is 0 Å². The lowest BCUT2D eigenvalue weighted by Crippen LogP contribution is -2.03. The lowest BCUT2D eigenvalue weighted by molar-refractivity contribution is 0.103. The first-order valence-electron chi connectivity index (χ1n) is 6.62. The second-order valence-electron chi connectivity index (χ2n) is 4.93. The monoisotopic (exact) mass is 260 g/mol. The predicted octanol–water partition coefficient (Wildman–Crippen LogP) is 3.53. The van der Waals surface area contributed by atoms with Gasteiger partial charge in [0.15, 0.2) is 5.78 Å². The number of hydrogen-bond acceptors (Lipinski definition) is 1. The predicted molar refractivity (Wildman–Crippen MR) is 87.3 cm³/mol. The Kier molecular flexibility index (Phi) is 6.30. The second kappa shape index (κ2) is 7.74. The first kappa shape index (κ1) is 16.3. The Bertz CT molecular complexity index is 522. The fraction of sp³-hybridized carbons (Fsp3) is 0.235. The van der Waals surface area contributed by atoms with Gasteiger partial charge in [0.2, 0.25) is 0 Å². The summed E-state index contributed by atoms with van der Waals surface area (Å²) in [5.41, 5.74) is 1.43. The number of allylic oxidation sites excluding steroid dienone is 5. The summed E-state index contributed by atoms with van der Waals surface area (Å²) in [6.45, 7) is 7.84. The molecule has 0 aliphatic rings. The van der Waals surface area contributed by atoms with Gasteiger partial charge in [0.1, 0.15) is 0 Å². The van der Waals surface area contributed by atoms with E-state index < -0.39 is 5.72 Å². The van der Waals surface area contributed by atoms with Crippen LogP contribution in [0.5, 0.6) is 0 Å². The van der Waals surface area contributed by atoms with E-state index in [1.54, 1.807) is 36.4 Å². The molecule has 0 bridgehead atoms. The Morgan fingerprint density at radius 1 is 1.20 bits per heavy atom.